The minimum atomic E-state index is -0.608. The highest BCUT2D eigenvalue weighted by atomic mass is 79.9. The number of benzene rings is 1. The molecule has 4 nitrogen and oxygen atoms in total. The van der Waals surface area contributed by atoms with Gasteiger partial charge in [-0.2, -0.15) is 0 Å². The summed E-state index contributed by atoms with van der Waals surface area (Å²) in [4.78, 5) is 23.1. The van der Waals surface area contributed by atoms with Crippen LogP contribution < -0.4 is 5.32 Å². The summed E-state index contributed by atoms with van der Waals surface area (Å²) in [5, 5.41) is 2.47. The van der Waals surface area contributed by atoms with Crippen LogP contribution in [0.5, 0.6) is 0 Å². The van der Waals surface area contributed by atoms with E-state index in [0.717, 1.165) is 4.47 Å². The summed E-state index contributed by atoms with van der Waals surface area (Å²) in [5.41, 5.74) is 0.545. The Bertz CT molecular complexity index is 420. The van der Waals surface area contributed by atoms with Crippen molar-refractivity contribution in [3.63, 3.8) is 0 Å². The molecule has 92 valence electrons. The van der Waals surface area contributed by atoms with Crippen molar-refractivity contribution in [3.8, 4) is 0 Å². The summed E-state index contributed by atoms with van der Waals surface area (Å²) in [6.45, 7) is 3.62. The molecule has 1 amide bonds. The van der Waals surface area contributed by atoms with Crippen molar-refractivity contribution in [1.82, 2.24) is 5.32 Å². The zero-order chi connectivity index (χ0) is 12.8. The molecule has 0 fully saturated rings. The fourth-order valence-electron chi connectivity index (χ4n) is 1.31. The third-order valence-electron chi connectivity index (χ3n) is 2.11. The van der Waals surface area contributed by atoms with Gasteiger partial charge < -0.3 is 10.1 Å². The van der Waals surface area contributed by atoms with Crippen molar-refractivity contribution in [2.75, 3.05) is 6.61 Å². The zero-order valence-electron chi connectivity index (χ0n) is 9.70. The third-order valence-corrected chi connectivity index (χ3v) is 2.61. The van der Waals surface area contributed by atoms with Crippen LogP contribution in [0.1, 0.15) is 24.2 Å². The van der Waals surface area contributed by atoms with E-state index in [2.05, 4.69) is 21.2 Å². The molecule has 0 saturated carbocycles. The van der Waals surface area contributed by atoms with Crippen LogP contribution in [0.3, 0.4) is 0 Å². The third kappa shape index (κ3) is 4.19. The standard InChI is InChI=1S/C12H14BrNO3/c1-3-17-12(16)14-8(2)11(15)9-5-4-6-10(13)7-9/h4-8H,3H2,1-2H3,(H,14,16)/t8-/m0/s1. The highest BCUT2D eigenvalue weighted by Gasteiger charge is 2.17. The molecule has 1 atom stereocenters. The minimum absolute atomic E-state index is 0.153. The highest BCUT2D eigenvalue weighted by molar-refractivity contribution is 9.10. The van der Waals surface area contributed by atoms with Crippen LogP contribution in [0.4, 0.5) is 4.79 Å². The fourth-order valence-corrected chi connectivity index (χ4v) is 1.71. The van der Waals surface area contributed by atoms with E-state index >= 15 is 0 Å². The first-order valence-electron chi connectivity index (χ1n) is 5.27. The summed E-state index contributed by atoms with van der Waals surface area (Å²) in [6.07, 6.45) is -0.580. The number of carbonyl (C=O) groups excluding carboxylic acids is 2. The van der Waals surface area contributed by atoms with E-state index in [1.165, 1.54) is 0 Å². The molecule has 17 heavy (non-hydrogen) atoms. The number of hydrogen-bond acceptors (Lipinski definition) is 3. The maximum absolute atomic E-state index is 11.9. The van der Waals surface area contributed by atoms with E-state index in [9.17, 15) is 9.59 Å². The molecule has 0 unspecified atom stereocenters. The average molecular weight is 300 g/mol. The molecule has 0 heterocycles. The monoisotopic (exact) mass is 299 g/mol. The van der Waals surface area contributed by atoms with Crippen LogP contribution in [-0.2, 0) is 4.74 Å². The quantitative estimate of drug-likeness (QED) is 0.870. The molecule has 0 spiro atoms. The van der Waals surface area contributed by atoms with Crippen LogP contribution in [-0.4, -0.2) is 24.5 Å². The second-order valence-corrected chi connectivity index (χ2v) is 4.38. The number of rotatable bonds is 4. The molecule has 5 heteroatoms. The topological polar surface area (TPSA) is 55.4 Å². The van der Waals surface area contributed by atoms with E-state index in [4.69, 9.17) is 4.74 Å². The molecule has 1 aromatic carbocycles. The lowest BCUT2D eigenvalue weighted by Gasteiger charge is -2.12. The number of halogens is 1. The highest BCUT2D eigenvalue weighted by Crippen LogP contribution is 2.13. The van der Waals surface area contributed by atoms with Gasteiger partial charge in [0.05, 0.1) is 12.6 Å². The molecule has 1 rings (SSSR count). The van der Waals surface area contributed by atoms with Gasteiger partial charge in [0.15, 0.2) is 5.78 Å². The molecule has 0 saturated heterocycles. The van der Waals surface area contributed by atoms with Gasteiger partial charge in [0.25, 0.3) is 0 Å². The first kappa shape index (κ1) is 13.7. The van der Waals surface area contributed by atoms with Gasteiger partial charge in [-0.15, -0.1) is 0 Å². The Labute approximate surface area is 108 Å². The maximum atomic E-state index is 11.9. The van der Waals surface area contributed by atoms with E-state index in [1.807, 2.05) is 6.07 Å². The minimum Gasteiger partial charge on any atom is -0.450 e. The van der Waals surface area contributed by atoms with Crippen molar-refractivity contribution in [3.05, 3.63) is 34.3 Å². The van der Waals surface area contributed by atoms with Crippen LogP contribution in [0.15, 0.2) is 28.7 Å². The number of Topliss-reactive ketones (excluding diaryl/α,β-unsaturated/α-hetero) is 1. The van der Waals surface area contributed by atoms with Gasteiger partial charge in [-0.05, 0) is 26.0 Å². The summed E-state index contributed by atoms with van der Waals surface area (Å²) in [6, 6.07) is 6.42. The summed E-state index contributed by atoms with van der Waals surface area (Å²) >= 11 is 3.29. The molecule has 1 aromatic rings. The smallest absolute Gasteiger partial charge is 0.407 e. The van der Waals surface area contributed by atoms with Crippen molar-refractivity contribution in [1.29, 1.82) is 0 Å². The number of alkyl carbamates (subject to hydrolysis) is 1. The molecule has 0 radical (unpaired) electrons. The lowest BCUT2D eigenvalue weighted by molar-refractivity contribution is 0.0933. The molecule has 0 bridgehead atoms. The van der Waals surface area contributed by atoms with Crippen LogP contribution in [0.25, 0.3) is 0 Å². The number of ether oxygens (including phenoxy) is 1. The molecule has 1 N–H and O–H groups in total. The van der Waals surface area contributed by atoms with Crippen LogP contribution >= 0.6 is 15.9 Å². The zero-order valence-corrected chi connectivity index (χ0v) is 11.3. The normalized spacial score (nSPS) is 11.7. The van der Waals surface area contributed by atoms with Crippen molar-refractivity contribution in [2.45, 2.75) is 19.9 Å². The first-order valence-corrected chi connectivity index (χ1v) is 6.07. The van der Waals surface area contributed by atoms with E-state index in [0.29, 0.717) is 5.56 Å². The van der Waals surface area contributed by atoms with Crippen molar-refractivity contribution in [2.24, 2.45) is 0 Å². The predicted octanol–water partition coefficient (Wildman–Crippen LogP) is 2.77. The Hall–Kier alpha value is -1.36. The molecule has 0 aliphatic rings. The first-order chi connectivity index (χ1) is 8.04. The van der Waals surface area contributed by atoms with Gasteiger partial charge in [-0.3, -0.25) is 4.79 Å². The Kier molecular flexibility index (Phi) is 5.15. The van der Waals surface area contributed by atoms with Gasteiger partial charge in [-0.25, -0.2) is 4.79 Å². The number of hydrogen-bond donors (Lipinski definition) is 1. The molecule has 0 aromatic heterocycles. The summed E-state index contributed by atoms with van der Waals surface area (Å²) in [5.74, 6) is -0.153. The van der Waals surface area contributed by atoms with Gasteiger partial charge in [0, 0.05) is 10.0 Å². The van der Waals surface area contributed by atoms with Crippen LogP contribution in [0.2, 0.25) is 0 Å². The van der Waals surface area contributed by atoms with Gasteiger partial charge in [-0.1, -0.05) is 28.1 Å². The number of amides is 1. The number of carbonyl (C=O) groups is 2. The van der Waals surface area contributed by atoms with Crippen LogP contribution in [0, 0.1) is 0 Å². The SMILES string of the molecule is CCOC(=O)N[C@@H](C)C(=O)c1cccc(Br)c1. The van der Waals surface area contributed by atoms with Gasteiger partial charge in [0.2, 0.25) is 0 Å². The Morgan fingerprint density at radius 3 is 2.76 bits per heavy atom. The summed E-state index contributed by atoms with van der Waals surface area (Å²) < 4.78 is 5.54. The largest absolute Gasteiger partial charge is 0.450 e. The second-order valence-electron chi connectivity index (χ2n) is 3.46. The number of ketones is 1. The fraction of sp³-hybridized carbons (Fsp3) is 0.333. The van der Waals surface area contributed by atoms with E-state index in [-0.39, 0.29) is 12.4 Å². The molecular formula is C12H14BrNO3. The Morgan fingerprint density at radius 2 is 2.18 bits per heavy atom. The van der Waals surface area contributed by atoms with Gasteiger partial charge in [0.1, 0.15) is 0 Å². The summed E-state index contributed by atoms with van der Waals surface area (Å²) in [7, 11) is 0. The van der Waals surface area contributed by atoms with Crippen molar-refractivity contribution < 1.29 is 14.3 Å². The lowest BCUT2D eigenvalue weighted by atomic mass is 10.1. The molecular weight excluding hydrogens is 286 g/mol. The Balaban J connectivity index is 2.67. The average Bonchev–Trinajstić information content (AvgIpc) is 2.28. The number of nitrogens with one attached hydrogen (secondary N) is 1. The lowest BCUT2D eigenvalue weighted by Crippen LogP contribution is -2.38. The Morgan fingerprint density at radius 1 is 1.47 bits per heavy atom. The van der Waals surface area contributed by atoms with E-state index in [1.54, 1.807) is 32.0 Å². The van der Waals surface area contributed by atoms with E-state index < -0.39 is 12.1 Å². The van der Waals surface area contributed by atoms with Gasteiger partial charge >= 0.3 is 6.09 Å². The molecule has 0 aliphatic heterocycles. The predicted molar refractivity (Wildman–Crippen MR) is 68.1 cm³/mol. The van der Waals surface area contributed by atoms with Crippen molar-refractivity contribution >= 4 is 27.8 Å². The maximum Gasteiger partial charge on any atom is 0.407 e. The molecule has 0 aliphatic carbocycles. The second kappa shape index (κ2) is 6.39.